The highest BCUT2D eigenvalue weighted by Crippen LogP contribution is 2.43. The van der Waals surface area contributed by atoms with Crippen LogP contribution in [-0.4, -0.2) is 65.1 Å². The zero-order valence-electron chi connectivity index (χ0n) is 24.6. The number of nitrogens with one attached hydrogen (secondary N) is 1. The predicted octanol–water partition coefficient (Wildman–Crippen LogP) is 5.50. The summed E-state index contributed by atoms with van der Waals surface area (Å²) in [7, 11) is 0. The molecule has 6 rings (SSSR count). The smallest absolute Gasteiger partial charge is 0.323 e. The van der Waals surface area contributed by atoms with Crippen LogP contribution in [0.5, 0.6) is 5.88 Å². The van der Waals surface area contributed by atoms with E-state index in [4.69, 9.17) is 14.5 Å². The summed E-state index contributed by atoms with van der Waals surface area (Å²) < 4.78 is 10.9. The van der Waals surface area contributed by atoms with Gasteiger partial charge in [0.15, 0.2) is 0 Å². The molecule has 2 aliphatic carbocycles. The van der Waals surface area contributed by atoms with Crippen LogP contribution < -0.4 is 10.1 Å². The van der Waals surface area contributed by atoms with Crippen molar-refractivity contribution in [2.45, 2.75) is 65.5 Å². The fraction of sp³-hybridized carbons (Fsp3) is 0.515. The van der Waals surface area contributed by atoms with Crippen LogP contribution >= 0.6 is 0 Å². The minimum absolute atomic E-state index is 0.0621. The van der Waals surface area contributed by atoms with Gasteiger partial charge in [-0.2, -0.15) is 0 Å². The van der Waals surface area contributed by atoms with Gasteiger partial charge in [0.05, 0.1) is 30.0 Å². The molecule has 218 valence electrons. The van der Waals surface area contributed by atoms with Crippen LogP contribution in [0.4, 0.5) is 0 Å². The average molecular weight is 559 g/mol. The van der Waals surface area contributed by atoms with E-state index in [2.05, 4.69) is 15.2 Å². The lowest BCUT2D eigenvalue weighted by Gasteiger charge is -2.27. The number of carbonyl (C=O) groups is 2. The maximum Gasteiger partial charge on any atom is 0.323 e. The number of benzene rings is 1. The zero-order chi connectivity index (χ0) is 28.9. The number of aromatic nitrogens is 2. The van der Waals surface area contributed by atoms with E-state index in [0.29, 0.717) is 48.1 Å². The van der Waals surface area contributed by atoms with Gasteiger partial charge in [-0.25, -0.2) is 9.97 Å². The largest absolute Gasteiger partial charge is 0.478 e. The Balaban J connectivity index is 0.00000165. The molecule has 3 fully saturated rings. The molecule has 3 unspecified atom stereocenters. The van der Waals surface area contributed by atoms with E-state index >= 15 is 0 Å². The first-order chi connectivity index (χ1) is 20.0. The summed E-state index contributed by atoms with van der Waals surface area (Å²) in [5, 5.41) is 4.17. The fourth-order valence-corrected chi connectivity index (χ4v) is 6.50. The summed E-state index contributed by atoms with van der Waals surface area (Å²) in [6, 6.07) is 13.4. The average Bonchev–Trinajstić information content (AvgIpc) is 3.64. The van der Waals surface area contributed by atoms with Crippen molar-refractivity contribution in [3.05, 3.63) is 54.2 Å². The van der Waals surface area contributed by atoms with Gasteiger partial charge in [-0.15, -0.1) is 0 Å². The number of likely N-dealkylation sites (tertiary alicyclic amines) is 1. The summed E-state index contributed by atoms with van der Waals surface area (Å²) in [5.41, 5.74) is 2.94. The molecule has 3 atom stereocenters. The van der Waals surface area contributed by atoms with Gasteiger partial charge < -0.3 is 14.8 Å². The molecule has 2 saturated carbocycles. The molecule has 0 radical (unpaired) electrons. The van der Waals surface area contributed by atoms with Crippen LogP contribution in [0.3, 0.4) is 0 Å². The normalized spacial score (nSPS) is 22.4. The van der Waals surface area contributed by atoms with Gasteiger partial charge in [-0.05, 0) is 75.5 Å². The fourth-order valence-electron chi connectivity index (χ4n) is 6.50. The Labute approximate surface area is 242 Å². The van der Waals surface area contributed by atoms with E-state index in [1.54, 1.807) is 6.20 Å². The molecular formula is C33H42N4O4. The maximum absolute atomic E-state index is 13.6. The van der Waals surface area contributed by atoms with Gasteiger partial charge in [-0.1, -0.05) is 32.0 Å². The van der Waals surface area contributed by atoms with Crippen molar-refractivity contribution in [1.82, 2.24) is 20.2 Å². The first-order valence-electron chi connectivity index (χ1n) is 15.2. The minimum Gasteiger partial charge on any atom is -0.478 e. The van der Waals surface area contributed by atoms with Gasteiger partial charge in [0.2, 0.25) is 5.88 Å². The van der Waals surface area contributed by atoms with Gasteiger partial charge in [-0.3, -0.25) is 14.5 Å². The third kappa shape index (κ3) is 6.38. The Bertz CT molecular complexity index is 1340. The highest BCUT2D eigenvalue weighted by Gasteiger charge is 2.48. The van der Waals surface area contributed by atoms with Crippen LogP contribution in [0.2, 0.25) is 0 Å². The van der Waals surface area contributed by atoms with Crippen LogP contribution in [0.1, 0.15) is 63.7 Å². The number of pyridine rings is 2. The molecule has 3 heterocycles. The number of rotatable bonds is 9. The number of hydrogen-bond donors (Lipinski definition) is 1. The molecule has 1 aliphatic heterocycles. The zero-order valence-corrected chi connectivity index (χ0v) is 24.6. The van der Waals surface area contributed by atoms with Crippen molar-refractivity contribution >= 4 is 22.8 Å². The lowest BCUT2D eigenvalue weighted by atomic mass is 10.0. The number of amides is 1. The Kier molecular flexibility index (Phi) is 9.18. The summed E-state index contributed by atoms with van der Waals surface area (Å²) in [5.74, 6) is 1.86. The highest BCUT2D eigenvalue weighted by atomic mass is 16.5. The third-order valence-corrected chi connectivity index (χ3v) is 8.39. The lowest BCUT2D eigenvalue weighted by molar-refractivity contribution is -0.150. The van der Waals surface area contributed by atoms with E-state index in [1.807, 2.05) is 70.2 Å². The lowest BCUT2D eigenvalue weighted by Crippen LogP contribution is -2.44. The van der Waals surface area contributed by atoms with Gasteiger partial charge in [0, 0.05) is 42.3 Å². The SMILES string of the molecule is CC.CCOC(=O)C(C1CC1)N1CC2CC(NC(=O)c3cc(-c4ccc(OCC)nc4)nc4ccccc34)CC2C1. The maximum atomic E-state index is 13.6. The first-order valence-corrected chi connectivity index (χ1v) is 15.2. The number of nitrogens with zero attached hydrogens (tertiary/aromatic N) is 3. The van der Waals surface area contributed by atoms with Gasteiger partial charge in [0.1, 0.15) is 6.04 Å². The molecule has 41 heavy (non-hydrogen) atoms. The topological polar surface area (TPSA) is 93.7 Å². The van der Waals surface area contributed by atoms with Gasteiger partial charge in [0.25, 0.3) is 5.91 Å². The summed E-state index contributed by atoms with van der Waals surface area (Å²) >= 11 is 0. The number of ether oxygens (including phenoxy) is 2. The van der Waals surface area contributed by atoms with Crippen LogP contribution in [0.25, 0.3) is 22.2 Å². The van der Waals surface area contributed by atoms with E-state index < -0.39 is 0 Å². The van der Waals surface area contributed by atoms with Crippen molar-refractivity contribution in [2.24, 2.45) is 17.8 Å². The quantitative estimate of drug-likeness (QED) is 0.347. The summed E-state index contributed by atoms with van der Waals surface area (Å²) in [4.78, 5) is 37.8. The molecule has 8 nitrogen and oxygen atoms in total. The molecule has 1 amide bonds. The number of fused-ring (bicyclic) bond motifs is 2. The molecule has 3 aromatic rings. The van der Waals surface area contributed by atoms with E-state index in [9.17, 15) is 9.59 Å². The van der Waals surface area contributed by atoms with E-state index in [1.165, 1.54) is 0 Å². The molecule has 0 bridgehead atoms. The van der Waals surface area contributed by atoms with Crippen molar-refractivity contribution in [3.8, 4) is 17.1 Å². The molecule has 2 aromatic heterocycles. The highest BCUT2D eigenvalue weighted by molar-refractivity contribution is 6.07. The summed E-state index contributed by atoms with van der Waals surface area (Å²) in [6.45, 7) is 10.6. The summed E-state index contributed by atoms with van der Waals surface area (Å²) in [6.07, 6.45) is 5.84. The predicted molar refractivity (Wildman–Crippen MR) is 160 cm³/mol. The van der Waals surface area contributed by atoms with Crippen molar-refractivity contribution in [3.63, 3.8) is 0 Å². The van der Waals surface area contributed by atoms with Gasteiger partial charge >= 0.3 is 5.97 Å². The monoisotopic (exact) mass is 558 g/mol. The molecule has 1 saturated heterocycles. The van der Waals surface area contributed by atoms with Crippen molar-refractivity contribution < 1.29 is 19.1 Å². The van der Waals surface area contributed by atoms with E-state index in [0.717, 1.165) is 55.2 Å². The Morgan fingerprint density at radius 3 is 2.39 bits per heavy atom. The van der Waals surface area contributed by atoms with E-state index in [-0.39, 0.29) is 24.0 Å². The standard InChI is InChI=1S/C31H36N4O4.C2H6/c1-3-38-28-12-11-20(16-32-28)27-15-25(24-7-5-6-8-26(24)34-27)30(36)33-23-13-21-17-35(18-22(21)14-23)29(19-9-10-19)31(37)39-4-2;1-2/h5-8,11-12,15-16,19,21-23,29H,3-4,9-10,13-14,17-18H2,1-2H3,(H,33,36);1-2H3. The van der Waals surface area contributed by atoms with Crippen molar-refractivity contribution in [2.75, 3.05) is 26.3 Å². The first kappa shape index (κ1) is 29.0. The second-order valence-electron chi connectivity index (χ2n) is 11.0. The van der Waals surface area contributed by atoms with Crippen LogP contribution in [-0.2, 0) is 9.53 Å². The molecule has 0 spiro atoms. The Morgan fingerprint density at radius 1 is 1.02 bits per heavy atom. The second-order valence-corrected chi connectivity index (χ2v) is 11.0. The van der Waals surface area contributed by atoms with Crippen LogP contribution in [0.15, 0.2) is 48.7 Å². The molecule has 3 aliphatic rings. The molecule has 8 heteroatoms. The third-order valence-electron chi connectivity index (χ3n) is 8.39. The molecule has 1 N–H and O–H groups in total. The number of esters is 1. The number of carbonyl (C=O) groups excluding carboxylic acids is 2. The van der Waals surface area contributed by atoms with Crippen LogP contribution in [0, 0.1) is 17.8 Å². The molecular weight excluding hydrogens is 516 g/mol. The Hall–Kier alpha value is -3.52. The Morgan fingerprint density at radius 2 is 1.76 bits per heavy atom. The number of hydrogen-bond acceptors (Lipinski definition) is 7. The molecule has 1 aromatic carbocycles. The minimum atomic E-state index is -0.0951. The van der Waals surface area contributed by atoms with Crippen molar-refractivity contribution in [1.29, 1.82) is 0 Å². The number of para-hydroxylation sites is 1. The second kappa shape index (κ2) is 13.0.